The molecule has 1 N–H and O–H groups in total. The highest BCUT2D eigenvalue weighted by Gasteiger charge is 2.33. The summed E-state index contributed by atoms with van der Waals surface area (Å²) < 4.78 is 5.48. The summed E-state index contributed by atoms with van der Waals surface area (Å²) in [4.78, 5) is 19.3. The Balaban J connectivity index is 1.30. The first-order chi connectivity index (χ1) is 13.6. The van der Waals surface area contributed by atoms with Crippen LogP contribution in [-0.4, -0.2) is 67.9 Å². The van der Waals surface area contributed by atoms with Gasteiger partial charge in [0.15, 0.2) is 0 Å². The quantitative estimate of drug-likeness (QED) is 0.579. The third-order valence-electron chi connectivity index (χ3n) is 5.52. The summed E-state index contributed by atoms with van der Waals surface area (Å²) in [7, 11) is 0. The average Bonchev–Trinajstić information content (AvgIpc) is 3.50. The van der Waals surface area contributed by atoms with Gasteiger partial charge in [-0.2, -0.15) is 5.26 Å². The lowest BCUT2D eigenvalue weighted by molar-refractivity contribution is 0.143. The van der Waals surface area contributed by atoms with E-state index in [9.17, 15) is 4.79 Å². The van der Waals surface area contributed by atoms with Gasteiger partial charge in [0.1, 0.15) is 6.10 Å². The van der Waals surface area contributed by atoms with E-state index in [0.717, 1.165) is 42.5 Å². The molecule has 28 heavy (non-hydrogen) atoms. The van der Waals surface area contributed by atoms with Crippen molar-refractivity contribution in [3.05, 3.63) is 24.3 Å². The molecule has 8 heteroatoms. The monoisotopic (exact) mass is 399 g/mol. The van der Waals surface area contributed by atoms with Crippen LogP contribution in [0, 0.1) is 17.2 Å². The average molecular weight is 400 g/mol. The minimum atomic E-state index is -0.304. The van der Waals surface area contributed by atoms with E-state index in [0.29, 0.717) is 25.6 Å². The van der Waals surface area contributed by atoms with Gasteiger partial charge in [0.2, 0.25) is 0 Å². The highest BCUT2D eigenvalue weighted by Crippen LogP contribution is 2.30. The second kappa shape index (κ2) is 8.33. The number of thiocarbonyl (C=S) groups is 1. The topological polar surface area (TPSA) is 71.8 Å². The Morgan fingerprint density at radius 1 is 1.18 bits per heavy atom. The summed E-state index contributed by atoms with van der Waals surface area (Å²) in [6.07, 6.45) is 1.85. The molecule has 2 saturated heterocycles. The van der Waals surface area contributed by atoms with Gasteiger partial charge in [-0.05, 0) is 37.1 Å². The molecule has 148 valence electrons. The second-order valence-electron chi connectivity index (χ2n) is 7.57. The van der Waals surface area contributed by atoms with Crippen LogP contribution in [0.5, 0.6) is 0 Å². The van der Waals surface area contributed by atoms with Gasteiger partial charge in [-0.25, -0.2) is 4.79 Å². The van der Waals surface area contributed by atoms with E-state index >= 15 is 0 Å². The third-order valence-corrected chi connectivity index (χ3v) is 6.00. The van der Waals surface area contributed by atoms with Gasteiger partial charge in [0.05, 0.1) is 30.7 Å². The number of hydrogen-bond acceptors (Lipinski definition) is 6. The first kappa shape index (κ1) is 19.0. The van der Waals surface area contributed by atoms with Crippen LogP contribution in [0.25, 0.3) is 0 Å². The maximum atomic E-state index is 12.3. The first-order valence-corrected chi connectivity index (χ1v) is 10.2. The Morgan fingerprint density at radius 2 is 1.86 bits per heavy atom. The molecule has 1 aromatic carbocycles. The van der Waals surface area contributed by atoms with Crippen LogP contribution in [0.3, 0.4) is 0 Å². The van der Waals surface area contributed by atoms with Crippen LogP contribution < -0.4 is 15.1 Å². The number of nitriles is 1. The van der Waals surface area contributed by atoms with Gasteiger partial charge in [-0.3, -0.25) is 9.80 Å². The van der Waals surface area contributed by atoms with Gasteiger partial charge < -0.3 is 15.0 Å². The van der Waals surface area contributed by atoms with E-state index in [4.69, 9.17) is 22.2 Å². The Bertz CT molecular complexity index is 766. The molecule has 1 aromatic rings. The van der Waals surface area contributed by atoms with E-state index in [1.165, 1.54) is 12.8 Å². The number of piperazine rings is 1. The van der Waals surface area contributed by atoms with E-state index in [-0.39, 0.29) is 12.2 Å². The number of anilines is 2. The molecule has 7 nitrogen and oxygen atoms in total. The van der Waals surface area contributed by atoms with Crippen molar-refractivity contribution in [3.8, 4) is 6.07 Å². The van der Waals surface area contributed by atoms with Crippen molar-refractivity contribution in [2.45, 2.75) is 18.9 Å². The van der Waals surface area contributed by atoms with Crippen molar-refractivity contribution in [3.63, 3.8) is 0 Å². The van der Waals surface area contributed by atoms with Crippen molar-refractivity contribution in [2.75, 3.05) is 55.6 Å². The maximum Gasteiger partial charge on any atom is 0.414 e. The van der Waals surface area contributed by atoms with Crippen LogP contribution in [-0.2, 0) is 4.74 Å². The predicted molar refractivity (Wildman–Crippen MR) is 112 cm³/mol. The van der Waals surface area contributed by atoms with Gasteiger partial charge in [-0.1, -0.05) is 12.2 Å². The zero-order valence-electron chi connectivity index (χ0n) is 15.8. The lowest BCUT2D eigenvalue weighted by Gasteiger charge is -2.35. The number of ether oxygens (including phenoxy) is 1. The number of rotatable bonds is 6. The fourth-order valence-corrected chi connectivity index (χ4v) is 3.97. The summed E-state index contributed by atoms with van der Waals surface area (Å²) in [5.41, 5.74) is 1.99. The first-order valence-electron chi connectivity index (χ1n) is 9.84. The van der Waals surface area contributed by atoms with Crippen molar-refractivity contribution in [2.24, 2.45) is 5.92 Å². The summed E-state index contributed by atoms with van der Waals surface area (Å²) in [5.74, 6) is 0.525. The van der Waals surface area contributed by atoms with Gasteiger partial charge >= 0.3 is 6.09 Å². The SMILES string of the molecule is N#CCN1CCN(c2ccc(N3CC(CNC(=S)C4CC4)OC3=O)cc2)CC1. The molecule has 3 fully saturated rings. The number of cyclic esters (lactones) is 1. The lowest BCUT2D eigenvalue weighted by Crippen LogP contribution is -2.46. The molecular weight excluding hydrogens is 374 g/mol. The van der Waals surface area contributed by atoms with Crippen molar-refractivity contribution >= 4 is 34.7 Å². The largest absolute Gasteiger partial charge is 0.442 e. The molecule has 2 aliphatic heterocycles. The molecule has 4 rings (SSSR count). The predicted octanol–water partition coefficient (Wildman–Crippen LogP) is 1.98. The molecular formula is C20H25N5O2S. The van der Waals surface area contributed by atoms with E-state index in [1.54, 1.807) is 4.90 Å². The number of carbonyl (C=O) groups is 1. The Kier molecular flexibility index (Phi) is 5.64. The molecule has 3 aliphatic rings. The summed E-state index contributed by atoms with van der Waals surface area (Å²) in [5, 5.41) is 12.0. The minimum Gasteiger partial charge on any atom is -0.442 e. The summed E-state index contributed by atoms with van der Waals surface area (Å²) in [6.45, 7) is 5.19. The normalized spacial score (nSPS) is 22.7. The van der Waals surface area contributed by atoms with Crippen LogP contribution in [0.1, 0.15) is 12.8 Å². The number of hydrogen-bond donors (Lipinski definition) is 1. The second-order valence-corrected chi connectivity index (χ2v) is 8.01. The fraction of sp³-hybridized carbons (Fsp3) is 0.550. The highest BCUT2D eigenvalue weighted by atomic mass is 32.1. The molecule has 1 amide bonds. The van der Waals surface area contributed by atoms with Gasteiger partial charge in [0.25, 0.3) is 0 Å². The van der Waals surface area contributed by atoms with E-state index in [2.05, 4.69) is 33.3 Å². The summed E-state index contributed by atoms with van der Waals surface area (Å²) >= 11 is 5.34. The van der Waals surface area contributed by atoms with Crippen LogP contribution in [0.4, 0.5) is 16.2 Å². The molecule has 1 aliphatic carbocycles. The van der Waals surface area contributed by atoms with Gasteiger partial charge in [-0.15, -0.1) is 0 Å². The zero-order chi connectivity index (χ0) is 19.5. The molecule has 0 radical (unpaired) electrons. The number of nitrogens with zero attached hydrogens (tertiary/aromatic N) is 4. The van der Waals surface area contributed by atoms with Gasteiger partial charge in [0, 0.05) is 43.5 Å². The van der Waals surface area contributed by atoms with E-state index < -0.39 is 0 Å². The molecule has 0 bridgehead atoms. The Hall–Kier alpha value is -2.37. The molecule has 0 spiro atoms. The Labute approximate surface area is 170 Å². The minimum absolute atomic E-state index is 0.183. The fourth-order valence-electron chi connectivity index (χ4n) is 3.65. The summed E-state index contributed by atoms with van der Waals surface area (Å²) in [6, 6.07) is 10.3. The zero-order valence-corrected chi connectivity index (χ0v) is 16.7. The van der Waals surface area contributed by atoms with Crippen molar-refractivity contribution in [1.82, 2.24) is 10.2 Å². The number of amides is 1. The molecule has 1 saturated carbocycles. The molecule has 1 unspecified atom stereocenters. The molecule has 2 heterocycles. The molecule has 1 atom stereocenters. The van der Waals surface area contributed by atoms with Crippen LogP contribution in [0.2, 0.25) is 0 Å². The maximum absolute atomic E-state index is 12.3. The van der Waals surface area contributed by atoms with E-state index in [1.807, 2.05) is 12.1 Å². The van der Waals surface area contributed by atoms with Crippen LogP contribution in [0.15, 0.2) is 24.3 Å². The Morgan fingerprint density at radius 3 is 2.50 bits per heavy atom. The molecule has 0 aromatic heterocycles. The number of carbonyl (C=O) groups excluding carboxylic acids is 1. The number of nitrogens with one attached hydrogen (secondary N) is 1. The number of benzene rings is 1. The van der Waals surface area contributed by atoms with Crippen molar-refractivity contribution in [1.29, 1.82) is 5.26 Å². The lowest BCUT2D eigenvalue weighted by atomic mass is 10.2. The smallest absolute Gasteiger partial charge is 0.414 e. The standard InChI is InChI=1S/C20H25N5O2S/c21-7-8-23-9-11-24(12-10-23)16-3-5-17(6-4-16)25-14-18(27-20(25)26)13-22-19(28)15-1-2-15/h3-6,15,18H,1-2,8-14H2,(H,22,28). The highest BCUT2D eigenvalue weighted by molar-refractivity contribution is 7.80. The van der Waals surface area contributed by atoms with Crippen molar-refractivity contribution < 1.29 is 9.53 Å². The third kappa shape index (κ3) is 4.37. The van der Waals surface area contributed by atoms with Crippen LogP contribution >= 0.6 is 12.2 Å².